The van der Waals surface area contributed by atoms with Crippen molar-refractivity contribution in [3.05, 3.63) is 38.5 Å². The first-order chi connectivity index (χ1) is 8.59. The summed E-state index contributed by atoms with van der Waals surface area (Å²) >= 11 is 2.49. The number of nitrogens with one attached hydrogen (secondary N) is 1. The number of aliphatic carboxylic acids is 1. The molecule has 1 atom stereocenters. The first kappa shape index (κ1) is 12.7. The smallest absolute Gasteiger partial charge is 0.331 e. The highest BCUT2D eigenvalue weighted by molar-refractivity contribution is 7.12. The van der Waals surface area contributed by atoms with Gasteiger partial charge >= 0.3 is 5.97 Å². The van der Waals surface area contributed by atoms with Crippen LogP contribution in [0.4, 0.5) is 0 Å². The average molecular weight is 282 g/mol. The minimum atomic E-state index is -1.08. The lowest BCUT2D eigenvalue weighted by atomic mass is 10.2. The zero-order valence-corrected chi connectivity index (χ0v) is 11.0. The van der Waals surface area contributed by atoms with Gasteiger partial charge in [0, 0.05) is 4.88 Å². The van der Waals surface area contributed by atoms with Gasteiger partial charge in [-0.3, -0.25) is 4.79 Å². The molecular formula is C11H10N2O3S2. The van der Waals surface area contributed by atoms with Crippen molar-refractivity contribution in [2.75, 3.05) is 0 Å². The Morgan fingerprint density at radius 3 is 2.72 bits per heavy atom. The largest absolute Gasteiger partial charge is 0.479 e. The summed E-state index contributed by atoms with van der Waals surface area (Å²) in [6.07, 6.45) is 0. The molecule has 5 nitrogen and oxygen atoms in total. The van der Waals surface area contributed by atoms with Crippen molar-refractivity contribution in [1.82, 2.24) is 10.3 Å². The molecule has 2 heterocycles. The first-order valence-corrected chi connectivity index (χ1v) is 6.82. The van der Waals surface area contributed by atoms with E-state index in [1.54, 1.807) is 29.9 Å². The molecule has 1 unspecified atom stereocenters. The van der Waals surface area contributed by atoms with E-state index >= 15 is 0 Å². The highest BCUT2D eigenvalue weighted by Gasteiger charge is 2.24. The van der Waals surface area contributed by atoms with Gasteiger partial charge in [0.15, 0.2) is 6.04 Å². The van der Waals surface area contributed by atoms with Gasteiger partial charge in [-0.1, -0.05) is 6.07 Å². The number of amides is 1. The molecule has 0 bridgehead atoms. The number of thiophene rings is 1. The third-order valence-corrected chi connectivity index (χ3v) is 4.17. The SMILES string of the molecule is Cc1ncsc1C(=O)NC(C(=O)O)c1cccs1. The number of carbonyl (C=O) groups is 2. The Hall–Kier alpha value is -1.73. The maximum Gasteiger partial charge on any atom is 0.331 e. The fourth-order valence-electron chi connectivity index (χ4n) is 1.43. The predicted molar refractivity (Wildman–Crippen MR) is 69.0 cm³/mol. The monoisotopic (exact) mass is 282 g/mol. The van der Waals surface area contributed by atoms with E-state index in [2.05, 4.69) is 10.3 Å². The van der Waals surface area contributed by atoms with Gasteiger partial charge in [-0.2, -0.15) is 0 Å². The van der Waals surface area contributed by atoms with Gasteiger partial charge < -0.3 is 10.4 Å². The van der Waals surface area contributed by atoms with E-state index in [9.17, 15) is 9.59 Å². The molecule has 0 spiro atoms. The van der Waals surface area contributed by atoms with Crippen molar-refractivity contribution in [1.29, 1.82) is 0 Å². The maximum atomic E-state index is 11.9. The lowest BCUT2D eigenvalue weighted by Crippen LogP contribution is -2.33. The average Bonchev–Trinajstić information content (AvgIpc) is 2.95. The van der Waals surface area contributed by atoms with E-state index in [-0.39, 0.29) is 0 Å². The summed E-state index contributed by atoms with van der Waals surface area (Å²) in [5.41, 5.74) is 2.17. The van der Waals surface area contributed by atoms with E-state index in [1.807, 2.05) is 0 Å². The van der Waals surface area contributed by atoms with Crippen LogP contribution in [0.25, 0.3) is 0 Å². The number of carboxylic acids is 1. The van der Waals surface area contributed by atoms with Crippen LogP contribution in [-0.4, -0.2) is 22.0 Å². The second-order valence-corrected chi connectivity index (χ2v) is 5.36. The van der Waals surface area contributed by atoms with Crippen molar-refractivity contribution in [2.45, 2.75) is 13.0 Å². The van der Waals surface area contributed by atoms with Crippen LogP contribution in [0.1, 0.15) is 26.3 Å². The standard InChI is InChI=1S/C11H10N2O3S2/c1-6-9(18-5-12-6)10(14)13-8(11(15)16)7-3-2-4-17-7/h2-5,8H,1H3,(H,13,14)(H,15,16). The van der Waals surface area contributed by atoms with Gasteiger partial charge in [0.25, 0.3) is 5.91 Å². The molecule has 0 aromatic carbocycles. The molecule has 94 valence electrons. The Kier molecular flexibility index (Phi) is 3.73. The van der Waals surface area contributed by atoms with E-state index in [0.717, 1.165) is 0 Å². The molecule has 2 N–H and O–H groups in total. The van der Waals surface area contributed by atoms with E-state index in [1.165, 1.54) is 22.7 Å². The minimum absolute atomic E-state index is 0.407. The van der Waals surface area contributed by atoms with Gasteiger partial charge in [-0.15, -0.1) is 22.7 Å². The Morgan fingerprint density at radius 2 is 2.22 bits per heavy atom. The van der Waals surface area contributed by atoms with Crippen LogP contribution in [0.3, 0.4) is 0 Å². The van der Waals surface area contributed by atoms with Crippen LogP contribution < -0.4 is 5.32 Å². The molecule has 18 heavy (non-hydrogen) atoms. The van der Waals surface area contributed by atoms with Crippen molar-refractivity contribution in [2.24, 2.45) is 0 Å². The Bertz CT molecular complexity index is 563. The zero-order chi connectivity index (χ0) is 13.1. The molecular weight excluding hydrogens is 272 g/mol. The Balaban J connectivity index is 2.18. The lowest BCUT2D eigenvalue weighted by Gasteiger charge is -2.12. The number of nitrogens with zero attached hydrogens (tertiary/aromatic N) is 1. The van der Waals surface area contributed by atoms with Gasteiger partial charge in [0.05, 0.1) is 11.2 Å². The highest BCUT2D eigenvalue weighted by atomic mass is 32.1. The summed E-state index contributed by atoms with van der Waals surface area (Å²) in [5.74, 6) is -1.48. The number of carbonyl (C=O) groups excluding carboxylic acids is 1. The lowest BCUT2D eigenvalue weighted by molar-refractivity contribution is -0.139. The van der Waals surface area contributed by atoms with Gasteiger partial charge in [-0.05, 0) is 18.4 Å². The number of aromatic nitrogens is 1. The van der Waals surface area contributed by atoms with Crippen LogP contribution in [0.5, 0.6) is 0 Å². The fraction of sp³-hybridized carbons (Fsp3) is 0.182. The van der Waals surface area contributed by atoms with Crippen LogP contribution in [0.2, 0.25) is 0 Å². The molecule has 0 aliphatic rings. The first-order valence-electron chi connectivity index (χ1n) is 5.06. The third-order valence-electron chi connectivity index (χ3n) is 2.30. The van der Waals surface area contributed by atoms with Crippen LogP contribution in [0.15, 0.2) is 23.0 Å². The van der Waals surface area contributed by atoms with Crippen LogP contribution in [-0.2, 0) is 4.79 Å². The van der Waals surface area contributed by atoms with Crippen molar-refractivity contribution >= 4 is 34.6 Å². The summed E-state index contributed by atoms with van der Waals surface area (Å²) in [6.45, 7) is 1.71. The number of hydrogen-bond donors (Lipinski definition) is 2. The summed E-state index contributed by atoms with van der Waals surface area (Å²) in [4.78, 5) is 28.1. The quantitative estimate of drug-likeness (QED) is 0.899. The Labute approximate surface area is 111 Å². The van der Waals surface area contributed by atoms with Gasteiger partial charge in [-0.25, -0.2) is 9.78 Å². The Morgan fingerprint density at radius 1 is 1.44 bits per heavy atom. The fourth-order valence-corrected chi connectivity index (χ4v) is 2.90. The van der Waals surface area contributed by atoms with Crippen molar-refractivity contribution in [3.63, 3.8) is 0 Å². The molecule has 0 aliphatic carbocycles. The number of aryl methyl sites for hydroxylation is 1. The topological polar surface area (TPSA) is 79.3 Å². The molecule has 1 amide bonds. The van der Waals surface area contributed by atoms with Crippen LogP contribution in [0, 0.1) is 6.92 Å². The maximum absolute atomic E-state index is 11.9. The van der Waals surface area contributed by atoms with Gasteiger partial charge in [0.1, 0.15) is 4.88 Å². The van der Waals surface area contributed by atoms with Crippen molar-refractivity contribution in [3.8, 4) is 0 Å². The van der Waals surface area contributed by atoms with Gasteiger partial charge in [0.2, 0.25) is 0 Å². The summed E-state index contributed by atoms with van der Waals surface area (Å²) in [6, 6.07) is 2.42. The highest BCUT2D eigenvalue weighted by Crippen LogP contribution is 2.21. The van der Waals surface area contributed by atoms with E-state index < -0.39 is 17.9 Å². The van der Waals surface area contributed by atoms with E-state index in [0.29, 0.717) is 15.4 Å². The summed E-state index contributed by atoms with van der Waals surface area (Å²) in [7, 11) is 0. The molecule has 2 aromatic rings. The molecule has 0 saturated carbocycles. The molecule has 2 aromatic heterocycles. The zero-order valence-electron chi connectivity index (χ0n) is 9.41. The molecule has 2 rings (SSSR count). The number of thiazole rings is 1. The van der Waals surface area contributed by atoms with Crippen molar-refractivity contribution < 1.29 is 14.7 Å². The summed E-state index contributed by atoms with van der Waals surface area (Å²) in [5, 5.41) is 13.4. The molecule has 0 aliphatic heterocycles. The predicted octanol–water partition coefficient (Wildman–Crippen LogP) is 2.07. The second kappa shape index (κ2) is 5.28. The number of hydrogen-bond acceptors (Lipinski definition) is 5. The van der Waals surface area contributed by atoms with E-state index in [4.69, 9.17) is 5.11 Å². The number of rotatable bonds is 4. The minimum Gasteiger partial charge on any atom is -0.479 e. The molecule has 0 saturated heterocycles. The normalized spacial score (nSPS) is 12.1. The second-order valence-electron chi connectivity index (χ2n) is 3.53. The summed E-state index contributed by atoms with van der Waals surface area (Å²) < 4.78 is 0. The molecule has 7 heteroatoms. The molecule has 0 radical (unpaired) electrons. The molecule has 0 fully saturated rings. The van der Waals surface area contributed by atoms with Crippen LogP contribution >= 0.6 is 22.7 Å². The third kappa shape index (κ3) is 2.57. The number of carboxylic acid groups (broad SMARTS) is 1.